The van der Waals surface area contributed by atoms with Crippen molar-refractivity contribution >= 4 is 32.7 Å². The molecule has 0 spiro atoms. The fourth-order valence-corrected chi connectivity index (χ4v) is 4.84. The molecule has 0 unspecified atom stereocenters. The number of anilines is 1. The van der Waals surface area contributed by atoms with Crippen molar-refractivity contribution in [2.24, 2.45) is 11.8 Å². The van der Waals surface area contributed by atoms with Crippen molar-refractivity contribution in [1.82, 2.24) is 20.1 Å². The number of hydrogen-bond donors (Lipinski definition) is 1. The fraction of sp³-hybridized carbons (Fsp3) is 0.500. The largest absolute Gasteiger partial charge is 0.356 e. The smallest absolute Gasteiger partial charge is 0.224 e. The molecule has 3 aromatic rings. The van der Waals surface area contributed by atoms with Gasteiger partial charge in [0.25, 0.3) is 0 Å². The summed E-state index contributed by atoms with van der Waals surface area (Å²) in [5.74, 6) is 0.450. The molecule has 2 aromatic heterocycles. The molecule has 0 radical (unpaired) electrons. The first-order chi connectivity index (χ1) is 14.4. The second kappa shape index (κ2) is 8.71. The number of carbonyl (C=O) groups excluding carboxylic acids is 1. The van der Waals surface area contributed by atoms with Gasteiger partial charge in [-0.1, -0.05) is 25.2 Å². The van der Waals surface area contributed by atoms with E-state index in [1.54, 1.807) is 28.2 Å². The lowest BCUT2D eigenvalue weighted by Gasteiger charge is -2.31. The topological polar surface area (TPSA) is 63.1 Å². The first-order valence-corrected chi connectivity index (χ1v) is 11.4. The summed E-state index contributed by atoms with van der Waals surface area (Å²) in [6.45, 7) is 8.61. The Kier molecular flexibility index (Phi) is 6.04. The van der Waals surface area contributed by atoms with Crippen LogP contribution >= 0.6 is 11.3 Å². The van der Waals surface area contributed by atoms with Gasteiger partial charge in [0.15, 0.2) is 10.8 Å². The minimum atomic E-state index is -0.274. The molecule has 1 saturated heterocycles. The van der Waals surface area contributed by atoms with Crippen molar-refractivity contribution in [2.45, 2.75) is 40.0 Å². The zero-order chi connectivity index (χ0) is 21.3. The third kappa shape index (κ3) is 4.33. The van der Waals surface area contributed by atoms with Gasteiger partial charge in [0.1, 0.15) is 5.82 Å². The Balaban J connectivity index is 1.52. The van der Waals surface area contributed by atoms with Crippen LogP contribution in [0, 0.1) is 24.6 Å². The summed E-state index contributed by atoms with van der Waals surface area (Å²) >= 11 is 1.61. The minimum Gasteiger partial charge on any atom is -0.356 e. The molecule has 1 fully saturated rings. The summed E-state index contributed by atoms with van der Waals surface area (Å²) in [6.07, 6.45) is 2.89. The highest BCUT2D eigenvalue weighted by Crippen LogP contribution is 2.34. The zero-order valence-electron chi connectivity index (χ0n) is 17.7. The number of thiazole rings is 1. The fourth-order valence-electron chi connectivity index (χ4n) is 3.81. The maximum absolute atomic E-state index is 13.3. The van der Waals surface area contributed by atoms with Crippen molar-refractivity contribution in [3.8, 4) is 5.69 Å². The van der Waals surface area contributed by atoms with Crippen LogP contribution in [0.4, 0.5) is 9.52 Å². The van der Waals surface area contributed by atoms with E-state index in [2.05, 4.69) is 29.2 Å². The van der Waals surface area contributed by atoms with Crippen LogP contribution in [-0.2, 0) is 4.79 Å². The van der Waals surface area contributed by atoms with Gasteiger partial charge < -0.3 is 10.2 Å². The van der Waals surface area contributed by atoms with Gasteiger partial charge in [0, 0.05) is 19.6 Å². The van der Waals surface area contributed by atoms with E-state index in [4.69, 9.17) is 4.98 Å². The number of benzene rings is 1. The predicted molar refractivity (Wildman–Crippen MR) is 119 cm³/mol. The second-order valence-corrected chi connectivity index (χ2v) is 9.36. The number of aryl methyl sites for hydroxylation is 1. The molecule has 4 rings (SSSR count). The molecular weight excluding hydrogens is 401 g/mol. The summed E-state index contributed by atoms with van der Waals surface area (Å²) in [6, 6.07) is 6.27. The number of hydrogen-bond acceptors (Lipinski definition) is 5. The molecule has 1 atom stereocenters. The molecule has 0 bridgehead atoms. The van der Waals surface area contributed by atoms with E-state index >= 15 is 0 Å². The standard InChI is InChI=1S/C22H28FN5OS/c1-14(2)10-11-24-21(29)16-5-4-12-27(13-16)22-25-20-19(30-22)15(3)26-28(20)18-8-6-17(23)7-9-18/h6-9,14,16H,4-5,10-13H2,1-3H3,(H,24,29)/t16-/m0/s1. The SMILES string of the molecule is Cc1nn(-c2ccc(F)cc2)c2nc(N3CCC[C@H](C(=O)NCCC(C)C)C3)sc12. The van der Waals surface area contributed by atoms with E-state index in [1.807, 2.05) is 6.92 Å². The lowest BCUT2D eigenvalue weighted by atomic mass is 9.97. The highest BCUT2D eigenvalue weighted by molar-refractivity contribution is 7.22. The molecule has 30 heavy (non-hydrogen) atoms. The summed E-state index contributed by atoms with van der Waals surface area (Å²) in [5.41, 5.74) is 2.47. The van der Waals surface area contributed by atoms with Gasteiger partial charge in [-0.25, -0.2) is 9.07 Å². The van der Waals surface area contributed by atoms with Crippen molar-refractivity contribution in [2.75, 3.05) is 24.5 Å². The molecule has 1 N–H and O–H groups in total. The van der Waals surface area contributed by atoms with E-state index in [0.29, 0.717) is 12.5 Å². The quantitative estimate of drug-likeness (QED) is 0.634. The van der Waals surface area contributed by atoms with E-state index in [0.717, 1.165) is 59.2 Å². The van der Waals surface area contributed by atoms with Crippen molar-refractivity contribution in [3.63, 3.8) is 0 Å². The van der Waals surface area contributed by atoms with Crippen molar-refractivity contribution in [1.29, 1.82) is 0 Å². The molecule has 3 heterocycles. The van der Waals surface area contributed by atoms with Crippen LogP contribution in [-0.4, -0.2) is 40.3 Å². The number of nitrogens with zero attached hydrogens (tertiary/aromatic N) is 4. The van der Waals surface area contributed by atoms with Gasteiger partial charge in [-0.15, -0.1) is 0 Å². The third-order valence-corrected chi connectivity index (χ3v) is 6.75. The first-order valence-electron chi connectivity index (χ1n) is 10.6. The van der Waals surface area contributed by atoms with E-state index in [1.165, 1.54) is 12.1 Å². The van der Waals surface area contributed by atoms with Crippen LogP contribution in [0.15, 0.2) is 24.3 Å². The van der Waals surface area contributed by atoms with Crippen LogP contribution < -0.4 is 10.2 Å². The lowest BCUT2D eigenvalue weighted by Crippen LogP contribution is -2.43. The Labute approximate surface area is 180 Å². The van der Waals surface area contributed by atoms with Crippen molar-refractivity contribution < 1.29 is 9.18 Å². The molecule has 6 nitrogen and oxygen atoms in total. The molecular formula is C22H28FN5OS. The van der Waals surface area contributed by atoms with Crippen LogP contribution in [0.1, 0.15) is 38.8 Å². The van der Waals surface area contributed by atoms with Crippen molar-refractivity contribution in [3.05, 3.63) is 35.8 Å². The Morgan fingerprint density at radius 1 is 1.33 bits per heavy atom. The van der Waals surface area contributed by atoms with Gasteiger partial charge in [-0.05, 0) is 56.4 Å². The number of carbonyl (C=O) groups is 1. The molecule has 160 valence electrons. The molecule has 1 aliphatic rings. The van der Waals surface area contributed by atoms with Crippen LogP contribution in [0.25, 0.3) is 16.0 Å². The zero-order valence-corrected chi connectivity index (χ0v) is 18.5. The number of fused-ring (bicyclic) bond motifs is 1. The number of nitrogens with one attached hydrogen (secondary N) is 1. The molecule has 0 aliphatic carbocycles. The summed E-state index contributed by atoms with van der Waals surface area (Å²) in [5, 5.41) is 8.60. The predicted octanol–water partition coefficient (Wildman–Crippen LogP) is 4.31. The molecule has 1 amide bonds. The van der Waals surface area contributed by atoms with E-state index in [-0.39, 0.29) is 17.6 Å². The lowest BCUT2D eigenvalue weighted by molar-refractivity contribution is -0.125. The number of aromatic nitrogens is 3. The maximum Gasteiger partial charge on any atom is 0.224 e. The minimum absolute atomic E-state index is 0.00683. The van der Waals surface area contributed by atoms with Gasteiger partial charge in [-0.2, -0.15) is 10.1 Å². The highest BCUT2D eigenvalue weighted by atomic mass is 32.1. The normalized spacial score (nSPS) is 17.1. The molecule has 1 aromatic carbocycles. The van der Waals surface area contributed by atoms with Gasteiger partial charge in [-0.3, -0.25) is 4.79 Å². The summed E-state index contributed by atoms with van der Waals surface area (Å²) < 4.78 is 16.1. The number of rotatable bonds is 6. The van der Waals surface area contributed by atoms with Crippen LogP contribution in [0.5, 0.6) is 0 Å². The van der Waals surface area contributed by atoms with E-state index in [9.17, 15) is 9.18 Å². The van der Waals surface area contributed by atoms with Gasteiger partial charge in [0.05, 0.1) is 22.0 Å². The average Bonchev–Trinajstić information content (AvgIpc) is 3.29. The Hall–Kier alpha value is -2.48. The summed E-state index contributed by atoms with van der Waals surface area (Å²) in [4.78, 5) is 19.7. The van der Waals surface area contributed by atoms with Gasteiger partial charge >= 0.3 is 0 Å². The number of halogens is 1. The van der Waals surface area contributed by atoms with Crippen LogP contribution in [0.3, 0.4) is 0 Å². The number of amides is 1. The first kappa shape index (κ1) is 20.8. The Bertz CT molecular complexity index is 1030. The van der Waals surface area contributed by atoms with Gasteiger partial charge in [0.2, 0.25) is 5.91 Å². The summed E-state index contributed by atoms with van der Waals surface area (Å²) in [7, 11) is 0. The maximum atomic E-state index is 13.3. The highest BCUT2D eigenvalue weighted by Gasteiger charge is 2.28. The van der Waals surface area contributed by atoms with E-state index < -0.39 is 0 Å². The molecule has 8 heteroatoms. The third-order valence-electron chi connectivity index (χ3n) is 5.53. The number of piperidine rings is 1. The average molecular weight is 430 g/mol. The Morgan fingerprint density at radius 3 is 2.83 bits per heavy atom. The monoisotopic (exact) mass is 429 g/mol. The molecule has 1 aliphatic heterocycles. The van der Waals surface area contributed by atoms with Crippen LogP contribution in [0.2, 0.25) is 0 Å². The Morgan fingerprint density at radius 2 is 2.10 bits per heavy atom. The molecule has 0 saturated carbocycles. The second-order valence-electron chi connectivity index (χ2n) is 8.38.